The van der Waals surface area contributed by atoms with E-state index in [-0.39, 0.29) is 11.9 Å². The summed E-state index contributed by atoms with van der Waals surface area (Å²) in [6.07, 6.45) is 1.04. The zero-order chi connectivity index (χ0) is 14.4. The summed E-state index contributed by atoms with van der Waals surface area (Å²) in [5.74, 6) is 1.25. The third-order valence-corrected chi connectivity index (χ3v) is 2.82. The van der Waals surface area contributed by atoms with E-state index in [1.165, 1.54) is 0 Å². The molecule has 0 aliphatic rings. The van der Waals surface area contributed by atoms with Crippen LogP contribution in [0.1, 0.15) is 25.3 Å². The van der Waals surface area contributed by atoms with Gasteiger partial charge in [0, 0.05) is 18.5 Å². The number of hydrogen-bond acceptors (Lipinski definition) is 4. The number of rotatable bonds is 6. The Bertz CT molecular complexity index is 445. The second-order valence-electron chi connectivity index (χ2n) is 4.59. The van der Waals surface area contributed by atoms with Crippen molar-refractivity contribution in [2.75, 3.05) is 19.5 Å². The smallest absolute Gasteiger partial charge is 0.224 e. The number of benzene rings is 1. The van der Waals surface area contributed by atoms with Crippen LogP contribution in [0.25, 0.3) is 0 Å². The number of anilines is 1. The van der Waals surface area contributed by atoms with Crippen molar-refractivity contribution < 1.29 is 14.3 Å². The normalized spacial score (nSPS) is 11.8. The molecular formula is C14H22N2O3. The third-order valence-electron chi connectivity index (χ3n) is 2.82. The molecule has 106 valence electrons. The lowest BCUT2D eigenvalue weighted by molar-refractivity contribution is -0.116. The van der Waals surface area contributed by atoms with E-state index < -0.39 is 0 Å². The van der Waals surface area contributed by atoms with Crippen LogP contribution < -0.4 is 20.5 Å². The van der Waals surface area contributed by atoms with Gasteiger partial charge < -0.3 is 20.5 Å². The van der Waals surface area contributed by atoms with Gasteiger partial charge in [-0.25, -0.2) is 0 Å². The van der Waals surface area contributed by atoms with Crippen molar-refractivity contribution in [2.45, 2.75) is 32.7 Å². The molecule has 0 radical (unpaired) electrons. The molecule has 1 amide bonds. The second kappa shape index (κ2) is 6.99. The predicted octanol–water partition coefficient (Wildman–Crippen LogP) is 2.08. The fourth-order valence-electron chi connectivity index (χ4n) is 1.72. The van der Waals surface area contributed by atoms with Crippen LogP contribution in [-0.2, 0) is 4.79 Å². The Labute approximate surface area is 114 Å². The number of amides is 1. The molecule has 3 N–H and O–H groups in total. The lowest BCUT2D eigenvalue weighted by atomic mass is 10.1. The van der Waals surface area contributed by atoms with Crippen LogP contribution in [0.2, 0.25) is 0 Å². The molecule has 0 bridgehead atoms. The van der Waals surface area contributed by atoms with Gasteiger partial charge in [-0.3, -0.25) is 4.79 Å². The summed E-state index contributed by atoms with van der Waals surface area (Å²) in [5, 5.41) is 2.82. The monoisotopic (exact) mass is 266 g/mol. The number of ether oxygens (including phenoxy) is 2. The highest BCUT2D eigenvalue weighted by molar-refractivity contribution is 5.92. The number of carbonyl (C=O) groups is 1. The van der Waals surface area contributed by atoms with Crippen LogP contribution in [0, 0.1) is 6.92 Å². The van der Waals surface area contributed by atoms with Crippen molar-refractivity contribution in [2.24, 2.45) is 5.73 Å². The predicted molar refractivity (Wildman–Crippen MR) is 75.8 cm³/mol. The first-order valence-electron chi connectivity index (χ1n) is 6.26. The Morgan fingerprint density at radius 3 is 2.47 bits per heavy atom. The van der Waals surface area contributed by atoms with Crippen molar-refractivity contribution in [1.82, 2.24) is 0 Å². The molecule has 1 aromatic carbocycles. The van der Waals surface area contributed by atoms with Gasteiger partial charge in [0.1, 0.15) is 11.5 Å². The Hall–Kier alpha value is -1.75. The molecular weight excluding hydrogens is 244 g/mol. The number of hydrogen-bond donors (Lipinski definition) is 2. The van der Waals surface area contributed by atoms with Gasteiger partial charge in [-0.05, 0) is 31.9 Å². The van der Waals surface area contributed by atoms with Crippen LogP contribution >= 0.6 is 0 Å². The molecule has 1 unspecified atom stereocenters. The van der Waals surface area contributed by atoms with Crippen molar-refractivity contribution in [3.8, 4) is 11.5 Å². The lowest BCUT2D eigenvalue weighted by Gasteiger charge is -2.14. The summed E-state index contributed by atoms with van der Waals surface area (Å²) in [4.78, 5) is 11.8. The topological polar surface area (TPSA) is 73.6 Å². The molecule has 0 heterocycles. The molecule has 1 rings (SSSR count). The standard InChI is InChI=1S/C14H22N2O3/c1-9-7-13(19-4)11(8-12(9)18-3)16-14(17)6-5-10(2)15/h7-8,10H,5-6,15H2,1-4H3,(H,16,17). The van der Waals surface area contributed by atoms with E-state index in [1.54, 1.807) is 20.3 Å². The Balaban J connectivity index is 2.84. The minimum absolute atomic E-state index is 0.0141. The Kier molecular flexibility index (Phi) is 5.63. The summed E-state index contributed by atoms with van der Waals surface area (Å²) in [6, 6.07) is 3.61. The zero-order valence-corrected chi connectivity index (χ0v) is 11.9. The van der Waals surface area contributed by atoms with Gasteiger partial charge in [-0.15, -0.1) is 0 Å². The maximum Gasteiger partial charge on any atom is 0.224 e. The molecule has 0 aromatic heterocycles. The molecule has 0 aliphatic heterocycles. The van der Waals surface area contributed by atoms with Gasteiger partial charge in [0.25, 0.3) is 0 Å². The highest BCUT2D eigenvalue weighted by atomic mass is 16.5. The van der Waals surface area contributed by atoms with Crippen molar-refractivity contribution in [1.29, 1.82) is 0 Å². The molecule has 0 spiro atoms. The number of nitrogens with one attached hydrogen (secondary N) is 1. The quantitative estimate of drug-likeness (QED) is 0.826. The molecule has 5 heteroatoms. The average molecular weight is 266 g/mol. The minimum atomic E-state index is -0.0819. The highest BCUT2D eigenvalue weighted by Gasteiger charge is 2.11. The second-order valence-corrected chi connectivity index (χ2v) is 4.59. The fourth-order valence-corrected chi connectivity index (χ4v) is 1.72. The molecule has 19 heavy (non-hydrogen) atoms. The summed E-state index contributed by atoms with van der Waals surface area (Å²) in [5.41, 5.74) is 7.19. The van der Waals surface area contributed by atoms with E-state index in [4.69, 9.17) is 15.2 Å². The first-order valence-corrected chi connectivity index (χ1v) is 6.26. The van der Waals surface area contributed by atoms with Crippen molar-refractivity contribution in [3.05, 3.63) is 17.7 Å². The first-order chi connectivity index (χ1) is 8.97. The molecule has 0 saturated heterocycles. The van der Waals surface area contributed by atoms with Gasteiger partial charge in [0.15, 0.2) is 0 Å². The van der Waals surface area contributed by atoms with Gasteiger partial charge in [0.2, 0.25) is 5.91 Å². The summed E-state index contributed by atoms with van der Waals surface area (Å²) in [7, 11) is 3.16. The van der Waals surface area contributed by atoms with Crippen LogP contribution in [0.3, 0.4) is 0 Å². The Morgan fingerprint density at radius 2 is 1.95 bits per heavy atom. The van der Waals surface area contributed by atoms with E-state index in [0.717, 1.165) is 5.56 Å². The SMILES string of the molecule is COc1cc(NC(=O)CCC(C)N)c(OC)cc1C. The van der Waals surface area contributed by atoms with Crippen LogP contribution in [0.5, 0.6) is 11.5 Å². The molecule has 1 atom stereocenters. The molecule has 0 aliphatic carbocycles. The first kappa shape index (κ1) is 15.3. The molecule has 0 fully saturated rings. The third kappa shape index (κ3) is 4.44. The molecule has 0 saturated carbocycles. The largest absolute Gasteiger partial charge is 0.496 e. The lowest BCUT2D eigenvalue weighted by Crippen LogP contribution is -2.19. The van der Waals surface area contributed by atoms with Gasteiger partial charge in [-0.2, -0.15) is 0 Å². The van der Waals surface area contributed by atoms with Gasteiger partial charge >= 0.3 is 0 Å². The number of methoxy groups -OCH3 is 2. The van der Waals surface area contributed by atoms with E-state index in [1.807, 2.05) is 19.9 Å². The maximum absolute atomic E-state index is 11.8. The minimum Gasteiger partial charge on any atom is -0.496 e. The summed E-state index contributed by atoms with van der Waals surface area (Å²) in [6.45, 7) is 3.80. The fraction of sp³-hybridized carbons (Fsp3) is 0.500. The maximum atomic E-state index is 11.8. The van der Waals surface area contributed by atoms with E-state index in [9.17, 15) is 4.79 Å². The summed E-state index contributed by atoms with van der Waals surface area (Å²) < 4.78 is 10.5. The van der Waals surface area contributed by atoms with E-state index >= 15 is 0 Å². The Morgan fingerprint density at radius 1 is 1.32 bits per heavy atom. The molecule has 5 nitrogen and oxygen atoms in total. The summed E-state index contributed by atoms with van der Waals surface area (Å²) >= 11 is 0. The van der Waals surface area contributed by atoms with E-state index in [0.29, 0.717) is 30.0 Å². The highest BCUT2D eigenvalue weighted by Crippen LogP contribution is 2.32. The van der Waals surface area contributed by atoms with Crippen LogP contribution in [-0.4, -0.2) is 26.2 Å². The zero-order valence-electron chi connectivity index (χ0n) is 11.9. The van der Waals surface area contributed by atoms with Gasteiger partial charge in [-0.1, -0.05) is 0 Å². The molecule has 1 aromatic rings. The average Bonchev–Trinajstić information content (AvgIpc) is 2.37. The van der Waals surface area contributed by atoms with E-state index in [2.05, 4.69) is 5.32 Å². The van der Waals surface area contributed by atoms with Crippen LogP contribution in [0.15, 0.2) is 12.1 Å². The van der Waals surface area contributed by atoms with Crippen molar-refractivity contribution in [3.63, 3.8) is 0 Å². The number of carbonyl (C=O) groups excluding carboxylic acids is 1. The van der Waals surface area contributed by atoms with Crippen LogP contribution in [0.4, 0.5) is 5.69 Å². The number of nitrogens with two attached hydrogens (primary N) is 1. The van der Waals surface area contributed by atoms with Crippen molar-refractivity contribution >= 4 is 11.6 Å². The number of aryl methyl sites for hydroxylation is 1. The van der Waals surface area contributed by atoms with Gasteiger partial charge in [0.05, 0.1) is 19.9 Å².